The topological polar surface area (TPSA) is 55.8 Å². The van der Waals surface area contributed by atoms with Crippen molar-refractivity contribution >= 4 is 17.5 Å². The molecule has 0 N–H and O–H groups in total. The van der Waals surface area contributed by atoms with Gasteiger partial charge in [0.05, 0.1) is 32.1 Å². The lowest BCUT2D eigenvalue weighted by Crippen LogP contribution is -2.45. The summed E-state index contributed by atoms with van der Waals surface area (Å²) in [6, 6.07) is 7.29. The van der Waals surface area contributed by atoms with Gasteiger partial charge in [-0.1, -0.05) is 19.1 Å². The fourth-order valence-electron chi connectivity index (χ4n) is 2.56. The van der Waals surface area contributed by atoms with Crippen LogP contribution >= 0.6 is 0 Å². The Bertz CT molecular complexity index is 578. The Morgan fingerprint density at radius 1 is 1.14 bits per heavy atom. The maximum atomic E-state index is 11.6. The summed E-state index contributed by atoms with van der Waals surface area (Å²) in [6.07, 6.45) is 3.62. The molecule has 116 valence electrons. The molecule has 1 aromatic carbocycles. The minimum absolute atomic E-state index is 0.181. The third-order valence-electron chi connectivity index (χ3n) is 4.25. The average molecular weight is 301 g/mol. The highest BCUT2D eigenvalue weighted by atomic mass is 16.5. The van der Waals surface area contributed by atoms with Crippen LogP contribution in [0.2, 0.25) is 0 Å². The van der Waals surface area contributed by atoms with Gasteiger partial charge in [0.25, 0.3) is 11.8 Å². The Kier molecular flexibility index (Phi) is 4.09. The van der Waals surface area contributed by atoms with Crippen LogP contribution in [-0.4, -0.2) is 31.6 Å². The summed E-state index contributed by atoms with van der Waals surface area (Å²) in [5.41, 5.74) is 1.78. The van der Waals surface area contributed by atoms with Crippen LogP contribution in [0.4, 0.5) is 5.69 Å². The molecule has 0 unspecified atom stereocenters. The molecule has 0 spiro atoms. The Labute approximate surface area is 129 Å². The van der Waals surface area contributed by atoms with Crippen molar-refractivity contribution in [3.63, 3.8) is 0 Å². The zero-order chi connectivity index (χ0) is 15.6. The first-order valence-corrected chi connectivity index (χ1v) is 7.44. The Morgan fingerprint density at radius 3 is 2.27 bits per heavy atom. The largest absolute Gasteiger partial charge is 0.380 e. The molecule has 2 aliphatic heterocycles. The molecule has 1 saturated heterocycles. The number of rotatable bonds is 6. The van der Waals surface area contributed by atoms with E-state index in [4.69, 9.17) is 9.47 Å². The summed E-state index contributed by atoms with van der Waals surface area (Å²) in [4.78, 5) is 24.4. The molecule has 3 rings (SSSR count). The van der Waals surface area contributed by atoms with Crippen molar-refractivity contribution in [2.75, 3.05) is 24.7 Å². The normalized spacial score (nSPS) is 19.6. The predicted octanol–water partition coefficient (Wildman–Crippen LogP) is 2.06. The van der Waals surface area contributed by atoms with Crippen LogP contribution in [0, 0.1) is 5.41 Å². The van der Waals surface area contributed by atoms with Gasteiger partial charge in [-0.25, -0.2) is 4.90 Å². The molecule has 2 heterocycles. The van der Waals surface area contributed by atoms with Crippen LogP contribution in [0.15, 0.2) is 36.4 Å². The van der Waals surface area contributed by atoms with Crippen molar-refractivity contribution in [1.82, 2.24) is 0 Å². The molecular weight excluding hydrogens is 282 g/mol. The molecule has 5 heteroatoms. The van der Waals surface area contributed by atoms with Gasteiger partial charge in [-0.15, -0.1) is 0 Å². The van der Waals surface area contributed by atoms with Gasteiger partial charge in [-0.2, -0.15) is 0 Å². The molecule has 0 aliphatic carbocycles. The van der Waals surface area contributed by atoms with Crippen molar-refractivity contribution in [1.29, 1.82) is 0 Å². The lowest BCUT2D eigenvalue weighted by atomic mass is 9.84. The van der Waals surface area contributed by atoms with Crippen LogP contribution in [0.1, 0.15) is 18.9 Å². The van der Waals surface area contributed by atoms with Gasteiger partial charge < -0.3 is 9.47 Å². The molecule has 5 nitrogen and oxygen atoms in total. The average Bonchev–Trinajstić information content (AvgIpc) is 2.82. The summed E-state index contributed by atoms with van der Waals surface area (Å²) < 4.78 is 11.1. The first-order chi connectivity index (χ1) is 10.6. The number of carbonyl (C=O) groups is 2. The van der Waals surface area contributed by atoms with Crippen molar-refractivity contribution in [3.05, 3.63) is 42.0 Å². The fourth-order valence-corrected chi connectivity index (χ4v) is 2.56. The van der Waals surface area contributed by atoms with E-state index < -0.39 is 0 Å². The minimum Gasteiger partial charge on any atom is -0.380 e. The minimum atomic E-state index is -0.302. The molecule has 0 aromatic heterocycles. The van der Waals surface area contributed by atoms with Gasteiger partial charge in [-0.3, -0.25) is 9.59 Å². The van der Waals surface area contributed by atoms with E-state index in [1.165, 1.54) is 12.2 Å². The van der Waals surface area contributed by atoms with Gasteiger partial charge in [0.15, 0.2) is 0 Å². The zero-order valence-corrected chi connectivity index (χ0v) is 12.6. The molecule has 0 bridgehead atoms. The van der Waals surface area contributed by atoms with Crippen molar-refractivity contribution in [2.24, 2.45) is 5.41 Å². The summed E-state index contributed by atoms with van der Waals surface area (Å²) in [6.45, 7) is 4.91. The fraction of sp³-hybridized carbons (Fsp3) is 0.412. The number of amides is 2. The first kappa shape index (κ1) is 14.9. The number of anilines is 1. The second-order valence-electron chi connectivity index (χ2n) is 5.85. The number of hydrogen-bond acceptors (Lipinski definition) is 4. The molecule has 2 amide bonds. The van der Waals surface area contributed by atoms with Crippen LogP contribution in [-0.2, 0) is 25.7 Å². The highest BCUT2D eigenvalue weighted by Crippen LogP contribution is 2.31. The quantitative estimate of drug-likeness (QED) is 0.755. The van der Waals surface area contributed by atoms with E-state index in [-0.39, 0.29) is 17.2 Å². The standard InChI is InChI=1S/C17H19NO4/c1-2-17(11-22-12-17)10-21-9-13-3-5-14(6-4-13)18-15(19)7-8-16(18)20/h3-8H,2,9-12H2,1H3. The van der Waals surface area contributed by atoms with Gasteiger partial charge in [-0.05, 0) is 24.1 Å². The molecule has 1 fully saturated rings. The zero-order valence-electron chi connectivity index (χ0n) is 12.6. The highest BCUT2D eigenvalue weighted by molar-refractivity contribution is 6.28. The van der Waals surface area contributed by atoms with Crippen LogP contribution in [0.25, 0.3) is 0 Å². The monoisotopic (exact) mass is 301 g/mol. The molecule has 22 heavy (non-hydrogen) atoms. The van der Waals surface area contributed by atoms with Gasteiger partial charge in [0.1, 0.15) is 0 Å². The van der Waals surface area contributed by atoms with Gasteiger partial charge in [0.2, 0.25) is 0 Å². The van der Waals surface area contributed by atoms with Crippen molar-refractivity contribution in [2.45, 2.75) is 20.0 Å². The lowest BCUT2D eigenvalue weighted by molar-refractivity contribution is -0.152. The number of hydrogen-bond donors (Lipinski definition) is 0. The smallest absolute Gasteiger partial charge is 0.258 e. The van der Waals surface area contributed by atoms with Crippen LogP contribution in [0.3, 0.4) is 0 Å². The third-order valence-corrected chi connectivity index (χ3v) is 4.25. The summed E-state index contributed by atoms with van der Waals surface area (Å²) in [7, 11) is 0. The molecule has 1 aromatic rings. The third kappa shape index (κ3) is 2.82. The second-order valence-corrected chi connectivity index (χ2v) is 5.85. The number of imide groups is 1. The highest BCUT2D eigenvalue weighted by Gasteiger charge is 2.36. The predicted molar refractivity (Wildman–Crippen MR) is 81.3 cm³/mol. The maximum absolute atomic E-state index is 11.6. The summed E-state index contributed by atoms with van der Waals surface area (Å²) in [5, 5.41) is 0. The molecular formula is C17H19NO4. The van der Waals surface area contributed by atoms with E-state index >= 15 is 0 Å². The SMILES string of the molecule is CCC1(COCc2ccc(N3C(=O)C=CC3=O)cc2)COC1. The lowest BCUT2D eigenvalue weighted by Gasteiger charge is -2.40. The number of benzene rings is 1. The van der Waals surface area contributed by atoms with E-state index in [1.54, 1.807) is 12.1 Å². The van der Waals surface area contributed by atoms with Crippen LogP contribution in [0.5, 0.6) is 0 Å². The number of nitrogens with zero attached hydrogens (tertiary/aromatic N) is 1. The Balaban J connectivity index is 1.56. The van der Waals surface area contributed by atoms with E-state index in [0.717, 1.165) is 30.1 Å². The molecule has 0 saturated carbocycles. The van der Waals surface area contributed by atoms with E-state index in [9.17, 15) is 9.59 Å². The van der Waals surface area contributed by atoms with Crippen molar-refractivity contribution in [3.8, 4) is 0 Å². The molecule has 0 radical (unpaired) electrons. The maximum Gasteiger partial charge on any atom is 0.258 e. The Hall–Kier alpha value is -1.98. The Morgan fingerprint density at radius 2 is 1.77 bits per heavy atom. The van der Waals surface area contributed by atoms with Gasteiger partial charge in [0, 0.05) is 17.6 Å². The van der Waals surface area contributed by atoms with E-state index in [0.29, 0.717) is 18.9 Å². The molecule has 2 aliphatic rings. The second kappa shape index (κ2) is 6.02. The summed E-state index contributed by atoms with van der Waals surface area (Å²) >= 11 is 0. The number of ether oxygens (including phenoxy) is 2. The summed E-state index contributed by atoms with van der Waals surface area (Å²) in [5.74, 6) is -0.604. The number of carbonyl (C=O) groups excluding carboxylic acids is 2. The van der Waals surface area contributed by atoms with Crippen LogP contribution < -0.4 is 4.90 Å². The van der Waals surface area contributed by atoms with E-state index in [1.807, 2.05) is 12.1 Å². The van der Waals surface area contributed by atoms with Crippen molar-refractivity contribution < 1.29 is 19.1 Å². The molecule has 0 atom stereocenters. The van der Waals surface area contributed by atoms with E-state index in [2.05, 4.69) is 6.92 Å². The first-order valence-electron chi connectivity index (χ1n) is 7.44. The van der Waals surface area contributed by atoms with Gasteiger partial charge >= 0.3 is 0 Å².